The Hall–Kier alpha value is -2.63. The SMILES string of the molecule is Cc1n[nH]c(C)c1C(=O)Nc1cccc2[nH]ncc12. The highest BCUT2D eigenvalue weighted by Gasteiger charge is 2.16. The Kier molecular flexibility index (Phi) is 2.56. The highest BCUT2D eigenvalue weighted by Crippen LogP contribution is 2.22. The summed E-state index contributed by atoms with van der Waals surface area (Å²) < 4.78 is 0. The van der Waals surface area contributed by atoms with Crippen LogP contribution in [0.3, 0.4) is 0 Å². The Morgan fingerprint density at radius 3 is 2.84 bits per heavy atom. The predicted octanol–water partition coefficient (Wildman–Crippen LogP) is 2.16. The van der Waals surface area contributed by atoms with Crippen LogP contribution in [0.15, 0.2) is 24.4 Å². The Bertz CT molecular complexity index is 736. The second kappa shape index (κ2) is 4.24. The number of benzene rings is 1. The molecule has 0 aliphatic heterocycles. The second-order valence-electron chi connectivity index (χ2n) is 4.40. The Labute approximate surface area is 109 Å². The van der Waals surface area contributed by atoms with E-state index in [0.717, 1.165) is 22.3 Å². The number of hydrogen-bond acceptors (Lipinski definition) is 3. The van der Waals surface area contributed by atoms with Crippen LogP contribution in [-0.2, 0) is 0 Å². The summed E-state index contributed by atoms with van der Waals surface area (Å²) in [5.41, 5.74) is 3.65. The first-order valence-corrected chi connectivity index (χ1v) is 5.92. The van der Waals surface area contributed by atoms with E-state index in [4.69, 9.17) is 0 Å². The molecule has 0 aliphatic rings. The van der Waals surface area contributed by atoms with E-state index in [-0.39, 0.29) is 5.91 Å². The van der Waals surface area contributed by atoms with E-state index < -0.39 is 0 Å². The zero-order valence-electron chi connectivity index (χ0n) is 10.6. The molecule has 3 rings (SSSR count). The molecule has 0 atom stereocenters. The van der Waals surface area contributed by atoms with E-state index in [1.165, 1.54) is 0 Å². The second-order valence-corrected chi connectivity index (χ2v) is 4.40. The highest BCUT2D eigenvalue weighted by molar-refractivity contribution is 6.09. The molecule has 3 aromatic rings. The molecule has 0 spiro atoms. The first-order chi connectivity index (χ1) is 9.16. The van der Waals surface area contributed by atoms with Crippen molar-refractivity contribution < 1.29 is 4.79 Å². The fourth-order valence-electron chi connectivity index (χ4n) is 2.15. The Balaban J connectivity index is 1.98. The van der Waals surface area contributed by atoms with Gasteiger partial charge in [-0.2, -0.15) is 10.2 Å². The van der Waals surface area contributed by atoms with Gasteiger partial charge in [0.05, 0.1) is 28.7 Å². The monoisotopic (exact) mass is 255 g/mol. The summed E-state index contributed by atoms with van der Waals surface area (Å²) in [6, 6.07) is 5.62. The molecule has 6 nitrogen and oxygen atoms in total. The lowest BCUT2D eigenvalue weighted by Crippen LogP contribution is -2.13. The molecule has 1 amide bonds. The van der Waals surface area contributed by atoms with Crippen molar-refractivity contribution in [3.8, 4) is 0 Å². The molecule has 6 heteroatoms. The molecule has 2 heterocycles. The maximum absolute atomic E-state index is 12.3. The number of amides is 1. The molecular weight excluding hydrogens is 242 g/mol. The molecule has 0 radical (unpaired) electrons. The molecule has 1 aromatic carbocycles. The topological polar surface area (TPSA) is 86.5 Å². The van der Waals surface area contributed by atoms with Crippen LogP contribution >= 0.6 is 0 Å². The van der Waals surface area contributed by atoms with E-state index in [0.29, 0.717) is 11.3 Å². The molecule has 0 saturated heterocycles. The van der Waals surface area contributed by atoms with Gasteiger partial charge in [0.15, 0.2) is 0 Å². The lowest BCUT2D eigenvalue weighted by molar-refractivity contribution is 0.102. The van der Waals surface area contributed by atoms with Crippen LogP contribution < -0.4 is 5.32 Å². The Morgan fingerprint density at radius 1 is 1.26 bits per heavy atom. The summed E-state index contributed by atoms with van der Waals surface area (Å²) in [6.45, 7) is 3.63. The third-order valence-electron chi connectivity index (χ3n) is 3.09. The summed E-state index contributed by atoms with van der Waals surface area (Å²) in [6.07, 6.45) is 1.69. The number of aromatic nitrogens is 4. The van der Waals surface area contributed by atoms with Crippen molar-refractivity contribution in [2.45, 2.75) is 13.8 Å². The number of H-pyrrole nitrogens is 2. The van der Waals surface area contributed by atoms with Gasteiger partial charge in [-0.3, -0.25) is 15.0 Å². The van der Waals surface area contributed by atoms with Crippen LogP contribution in [0.1, 0.15) is 21.7 Å². The number of aromatic amines is 2. The quantitative estimate of drug-likeness (QED) is 0.655. The minimum atomic E-state index is -0.169. The van der Waals surface area contributed by atoms with Crippen LogP contribution in [0.4, 0.5) is 5.69 Å². The van der Waals surface area contributed by atoms with E-state index in [2.05, 4.69) is 25.7 Å². The van der Waals surface area contributed by atoms with E-state index in [1.54, 1.807) is 13.1 Å². The smallest absolute Gasteiger partial charge is 0.259 e. The summed E-state index contributed by atoms with van der Waals surface area (Å²) in [5, 5.41) is 17.5. The van der Waals surface area contributed by atoms with Crippen LogP contribution in [-0.4, -0.2) is 26.3 Å². The predicted molar refractivity (Wildman–Crippen MR) is 72.1 cm³/mol. The molecule has 0 bridgehead atoms. The number of fused-ring (bicyclic) bond motifs is 1. The average Bonchev–Trinajstić information content (AvgIpc) is 2.97. The van der Waals surface area contributed by atoms with Crippen molar-refractivity contribution in [3.05, 3.63) is 41.3 Å². The molecule has 0 aliphatic carbocycles. The van der Waals surface area contributed by atoms with E-state index in [1.807, 2.05) is 25.1 Å². The van der Waals surface area contributed by atoms with Gasteiger partial charge in [0.25, 0.3) is 5.91 Å². The molecular formula is C13H13N5O. The summed E-state index contributed by atoms with van der Waals surface area (Å²) >= 11 is 0. The Morgan fingerprint density at radius 2 is 2.11 bits per heavy atom. The number of carbonyl (C=O) groups is 1. The standard InChI is InChI=1S/C13H13N5O/c1-7-12(8(2)17-16-7)13(19)15-10-4-3-5-11-9(10)6-14-18-11/h3-6H,1-2H3,(H,14,18)(H,15,19)(H,16,17). The van der Waals surface area contributed by atoms with Crippen molar-refractivity contribution in [1.29, 1.82) is 0 Å². The largest absolute Gasteiger partial charge is 0.321 e. The van der Waals surface area contributed by atoms with Gasteiger partial charge in [-0.1, -0.05) is 6.07 Å². The van der Waals surface area contributed by atoms with Gasteiger partial charge in [0.2, 0.25) is 0 Å². The van der Waals surface area contributed by atoms with E-state index >= 15 is 0 Å². The lowest BCUT2D eigenvalue weighted by atomic mass is 10.1. The number of nitrogens with zero attached hydrogens (tertiary/aromatic N) is 2. The van der Waals surface area contributed by atoms with E-state index in [9.17, 15) is 4.79 Å². The van der Waals surface area contributed by atoms with Gasteiger partial charge in [0.1, 0.15) is 0 Å². The first-order valence-electron chi connectivity index (χ1n) is 5.92. The maximum Gasteiger partial charge on any atom is 0.259 e. The fraction of sp³-hybridized carbons (Fsp3) is 0.154. The van der Waals surface area contributed by atoms with Gasteiger partial charge >= 0.3 is 0 Å². The van der Waals surface area contributed by atoms with Gasteiger partial charge < -0.3 is 5.32 Å². The van der Waals surface area contributed by atoms with Crippen molar-refractivity contribution in [1.82, 2.24) is 20.4 Å². The number of anilines is 1. The van der Waals surface area contributed by atoms with Crippen molar-refractivity contribution >= 4 is 22.5 Å². The number of aryl methyl sites for hydroxylation is 2. The van der Waals surface area contributed by atoms with Gasteiger partial charge in [-0.15, -0.1) is 0 Å². The zero-order chi connectivity index (χ0) is 13.4. The van der Waals surface area contributed by atoms with Crippen LogP contribution in [0, 0.1) is 13.8 Å². The van der Waals surface area contributed by atoms with Crippen molar-refractivity contribution in [2.75, 3.05) is 5.32 Å². The van der Waals surface area contributed by atoms with Crippen molar-refractivity contribution in [2.24, 2.45) is 0 Å². The van der Waals surface area contributed by atoms with Crippen molar-refractivity contribution in [3.63, 3.8) is 0 Å². The molecule has 2 aromatic heterocycles. The van der Waals surface area contributed by atoms with Gasteiger partial charge in [-0.25, -0.2) is 0 Å². The molecule has 0 unspecified atom stereocenters. The molecule has 96 valence electrons. The first kappa shape index (κ1) is 11.5. The highest BCUT2D eigenvalue weighted by atomic mass is 16.1. The number of rotatable bonds is 2. The van der Waals surface area contributed by atoms with Gasteiger partial charge in [0, 0.05) is 11.1 Å². The lowest BCUT2D eigenvalue weighted by Gasteiger charge is -2.06. The van der Waals surface area contributed by atoms with Crippen LogP contribution in [0.5, 0.6) is 0 Å². The minimum absolute atomic E-state index is 0.169. The summed E-state index contributed by atoms with van der Waals surface area (Å²) in [4.78, 5) is 12.3. The zero-order valence-corrected chi connectivity index (χ0v) is 10.6. The molecule has 0 fully saturated rings. The third-order valence-corrected chi connectivity index (χ3v) is 3.09. The molecule has 0 saturated carbocycles. The maximum atomic E-state index is 12.3. The average molecular weight is 255 g/mol. The number of nitrogens with one attached hydrogen (secondary N) is 3. The summed E-state index contributed by atoms with van der Waals surface area (Å²) in [7, 11) is 0. The van der Waals surface area contributed by atoms with Crippen LogP contribution in [0.2, 0.25) is 0 Å². The summed E-state index contributed by atoms with van der Waals surface area (Å²) in [5.74, 6) is -0.169. The minimum Gasteiger partial charge on any atom is -0.321 e. The molecule has 19 heavy (non-hydrogen) atoms. The normalized spacial score (nSPS) is 10.8. The third kappa shape index (κ3) is 1.87. The fourth-order valence-corrected chi connectivity index (χ4v) is 2.15. The van der Waals surface area contributed by atoms with Gasteiger partial charge in [-0.05, 0) is 26.0 Å². The number of hydrogen-bond donors (Lipinski definition) is 3. The van der Waals surface area contributed by atoms with Crippen LogP contribution in [0.25, 0.3) is 10.9 Å². The number of carbonyl (C=O) groups excluding carboxylic acids is 1. The molecule has 3 N–H and O–H groups in total.